The number of carbonyl (C=O) groups is 2. The van der Waals surface area contributed by atoms with Gasteiger partial charge in [-0.2, -0.15) is 0 Å². The first-order chi connectivity index (χ1) is 13.5. The zero-order chi connectivity index (χ0) is 19.9. The third kappa shape index (κ3) is 2.74. The number of nitrogens with zero attached hydrogens (tertiary/aromatic N) is 2. The molecule has 2 aliphatic heterocycles. The van der Waals surface area contributed by atoms with Crippen LogP contribution < -0.4 is 19.7 Å². The second-order valence-electron chi connectivity index (χ2n) is 7.16. The fourth-order valence-corrected chi connectivity index (χ4v) is 4.12. The predicted octanol–water partition coefficient (Wildman–Crippen LogP) is 2.86. The number of rotatable bonds is 3. The molecule has 2 aromatic carbocycles. The molecule has 1 spiro atoms. The van der Waals surface area contributed by atoms with Crippen molar-refractivity contribution >= 4 is 23.3 Å². The van der Waals surface area contributed by atoms with Gasteiger partial charge in [-0.15, -0.1) is 0 Å². The lowest BCUT2D eigenvalue weighted by Gasteiger charge is -2.24. The molecule has 2 aromatic rings. The Bertz CT molecular complexity index is 928. The van der Waals surface area contributed by atoms with Crippen LogP contribution in [0, 0.1) is 0 Å². The van der Waals surface area contributed by atoms with E-state index in [1.54, 1.807) is 55.3 Å². The summed E-state index contributed by atoms with van der Waals surface area (Å²) < 4.78 is 10.5. The molecular weight excluding hydrogens is 358 g/mol. The summed E-state index contributed by atoms with van der Waals surface area (Å²) in [4.78, 5) is 29.2. The van der Waals surface area contributed by atoms with Gasteiger partial charge in [-0.05, 0) is 54.4 Å². The molecule has 7 nitrogen and oxygen atoms in total. The molecule has 1 N–H and O–H groups in total. The van der Waals surface area contributed by atoms with Gasteiger partial charge in [0.05, 0.1) is 19.6 Å². The second kappa shape index (κ2) is 6.74. The van der Waals surface area contributed by atoms with E-state index in [-0.39, 0.29) is 11.9 Å². The topological polar surface area (TPSA) is 71.1 Å². The van der Waals surface area contributed by atoms with Crippen molar-refractivity contribution in [3.05, 3.63) is 48.0 Å². The lowest BCUT2D eigenvalue weighted by atomic mass is 9.81. The Morgan fingerprint density at radius 3 is 2.43 bits per heavy atom. The first-order valence-electron chi connectivity index (χ1n) is 9.15. The van der Waals surface area contributed by atoms with E-state index in [1.165, 1.54) is 0 Å². The fraction of sp³-hybridized carbons (Fsp3) is 0.333. The smallest absolute Gasteiger partial charge is 0.321 e. The highest BCUT2D eigenvalue weighted by Crippen LogP contribution is 2.48. The maximum Gasteiger partial charge on any atom is 0.321 e. The maximum atomic E-state index is 13.1. The molecule has 28 heavy (non-hydrogen) atoms. The van der Waals surface area contributed by atoms with E-state index >= 15 is 0 Å². The van der Waals surface area contributed by atoms with E-state index in [2.05, 4.69) is 5.32 Å². The number of fused-ring (bicyclic) bond motifs is 2. The van der Waals surface area contributed by atoms with Gasteiger partial charge in [-0.3, -0.25) is 4.79 Å². The molecule has 1 fully saturated rings. The van der Waals surface area contributed by atoms with Gasteiger partial charge in [0, 0.05) is 31.5 Å². The molecule has 0 radical (unpaired) electrons. The molecule has 0 bridgehead atoms. The number of ether oxygens (including phenoxy) is 2. The lowest BCUT2D eigenvalue weighted by molar-refractivity contribution is -0.122. The molecule has 1 atom stereocenters. The number of amides is 3. The molecule has 2 aliphatic rings. The van der Waals surface area contributed by atoms with Crippen LogP contribution in [0.5, 0.6) is 11.5 Å². The zero-order valence-electron chi connectivity index (χ0n) is 16.2. The van der Waals surface area contributed by atoms with Crippen molar-refractivity contribution < 1.29 is 19.1 Å². The first-order valence-corrected chi connectivity index (χ1v) is 9.15. The van der Waals surface area contributed by atoms with Crippen LogP contribution in [0.2, 0.25) is 0 Å². The molecule has 4 rings (SSSR count). The van der Waals surface area contributed by atoms with Gasteiger partial charge in [-0.25, -0.2) is 4.79 Å². The first kappa shape index (κ1) is 18.2. The summed E-state index contributed by atoms with van der Waals surface area (Å²) in [7, 11) is 4.99. The largest absolute Gasteiger partial charge is 0.497 e. The highest BCUT2D eigenvalue weighted by Gasteiger charge is 2.54. The summed E-state index contributed by atoms with van der Waals surface area (Å²) in [6, 6.07) is 12.6. The number of urea groups is 1. The lowest BCUT2D eigenvalue weighted by Crippen LogP contribution is -2.42. The van der Waals surface area contributed by atoms with Gasteiger partial charge in [0.1, 0.15) is 11.5 Å². The number of anilines is 2. The van der Waals surface area contributed by atoms with Crippen molar-refractivity contribution in [2.45, 2.75) is 11.8 Å². The summed E-state index contributed by atoms with van der Waals surface area (Å²) in [5.41, 5.74) is 1.78. The van der Waals surface area contributed by atoms with Crippen molar-refractivity contribution in [2.24, 2.45) is 0 Å². The van der Waals surface area contributed by atoms with E-state index in [0.29, 0.717) is 30.9 Å². The Kier molecular flexibility index (Phi) is 4.37. The second-order valence-corrected chi connectivity index (χ2v) is 7.16. The quantitative estimate of drug-likeness (QED) is 0.888. The summed E-state index contributed by atoms with van der Waals surface area (Å²) in [6.45, 7) is 0.858. The Labute approximate surface area is 163 Å². The zero-order valence-corrected chi connectivity index (χ0v) is 16.2. The molecule has 0 aliphatic carbocycles. The summed E-state index contributed by atoms with van der Waals surface area (Å²) >= 11 is 0. The van der Waals surface area contributed by atoms with Crippen LogP contribution in [0.3, 0.4) is 0 Å². The highest BCUT2D eigenvalue weighted by atomic mass is 16.5. The van der Waals surface area contributed by atoms with Crippen LogP contribution in [0.15, 0.2) is 42.5 Å². The molecule has 146 valence electrons. The summed E-state index contributed by atoms with van der Waals surface area (Å²) in [5.74, 6) is 1.46. The molecule has 0 aromatic heterocycles. The van der Waals surface area contributed by atoms with E-state index in [0.717, 1.165) is 17.0 Å². The van der Waals surface area contributed by atoms with E-state index < -0.39 is 5.41 Å². The van der Waals surface area contributed by atoms with Crippen LogP contribution in [0.25, 0.3) is 0 Å². The van der Waals surface area contributed by atoms with Crippen molar-refractivity contribution in [2.75, 3.05) is 44.6 Å². The van der Waals surface area contributed by atoms with Gasteiger partial charge in [0.2, 0.25) is 5.91 Å². The number of nitrogens with one attached hydrogen (secondary N) is 1. The maximum absolute atomic E-state index is 13.1. The number of hydrogen-bond donors (Lipinski definition) is 1. The molecule has 1 unspecified atom stereocenters. The van der Waals surface area contributed by atoms with Crippen molar-refractivity contribution in [1.29, 1.82) is 0 Å². The molecular formula is C21H23N3O4. The Morgan fingerprint density at radius 1 is 1.07 bits per heavy atom. The predicted molar refractivity (Wildman–Crippen MR) is 106 cm³/mol. The van der Waals surface area contributed by atoms with Gasteiger partial charge in [0.25, 0.3) is 0 Å². The Hall–Kier alpha value is -3.22. The van der Waals surface area contributed by atoms with Crippen LogP contribution in [0.1, 0.15) is 12.0 Å². The Morgan fingerprint density at radius 2 is 1.75 bits per heavy atom. The number of likely N-dealkylation sites (tertiary alicyclic amines) is 1. The molecule has 3 amide bonds. The van der Waals surface area contributed by atoms with Crippen LogP contribution in [-0.2, 0) is 10.2 Å². The normalized spacial score (nSPS) is 20.5. The van der Waals surface area contributed by atoms with Gasteiger partial charge >= 0.3 is 6.03 Å². The van der Waals surface area contributed by atoms with Gasteiger partial charge in [-0.1, -0.05) is 0 Å². The number of benzene rings is 2. The van der Waals surface area contributed by atoms with Crippen LogP contribution in [-0.4, -0.2) is 51.2 Å². The molecule has 2 heterocycles. The number of carbonyl (C=O) groups excluding carboxylic acids is 2. The number of methoxy groups -OCH3 is 2. The third-order valence-corrected chi connectivity index (χ3v) is 5.69. The fourth-order valence-electron chi connectivity index (χ4n) is 4.12. The highest BCUT2D eigenvalue weighted by molar-refractivity contribution is 6.09. The summed E-state index contributed by atoms with van der Waals surface area (Å²) in [5, 5.41) is 2.90. The van der Waals surface area contributed by atoms with Crippen molar-refractivity contribution in [3.8, 4) is 11.5 Å². The van der Waals surface area contributed by atoms with Crippen molar-refractivity contribution in [3.63, 3.8) is 0 Å². The molecule has 1 saturated heterocycles. The van der Waals surface area contributed by atoms with E-state index in [1.807, 2.05) is 18.2 Å². The Balaban J connectivity index is 1.56. The number of hydrogen-bond acceptors (Lipinski definition) is 4. The van der Waals surface area contributed by atoms with Crippen LogP contribution >= 0.6 is 0 Å². The van der Waals surface area contributed by atoms with Crippen molar-refractivity contribution in [1.82, 2.24) is 4.90 Å². The average molecular weight is 381 g/mol. The van der Waals surface area contributed by atoms with Crippen LogP contribution in [0.4, 0.5) is 16.2 Å². The SMILES string of the molecule is COc1ccc(NC(=O)N2CCC3(C2)C(=O)N(C)c2ccc(OC)cc23)cc1. The minimum Gasteiger partial charge on any atom is -0.497 e. The average Bonchev–Trinajstić information content (AvgIpc) is 3.26. The van der Waals surface area contributed by atoms with E-state index in [4.69, 9.17) is 9.47 Å². The molecule has 7 heteroatoms. The monoisotopic (exact) mass is 381 g/mol. The molecule has 0 saturated carbocycles. The summed E-state index contributed by atoms with van der Waals surface area (Å²) in [6.07, 6.45) is 0.590. The van der Waals surface area contributed by atoms with E-state index in [9.17, 15) is 9.59 Å². The third-order valence-electron chi connectivity index (χ3n) is 5.69. The number of likely N-dealkylation sites (N-methyl/N-ethyl adjacent to an activating group) is 1. The van der Waals surface area contributed by atoms with Gasteiger partial charge < -0.3 is 24.6 Å². The standard InChI is InChI=1S/C21H23N3O4/c1-23-18-9-8-16(28-3)12-17(18)21(19(23)25)10-11-24(13-21)20(26)22-14-4-6-15(27-2)7-5-14/h4-9,12H,10-11,13H2,1-3H3,(H,22,26). The van der Waals surface area contributed by atoms with Gasteiger partial charge in [0.15, 0.2) is 0 Å². The minimum atomic E-state index is -0.712. The minimum absolute atomic E-state index is 0.0236.